The highest BCUT2D eigenvalue weighted by Crippen LogP contribution is 2.56. The third-order valence-corrected chi connectivity index (χ3v) is 7.77. The lowest BCUT2D eigenvalue weighted by atomic mass is 9.63. The fourth-order valence-corrected chi connectivity index (χ4v) is 6.24. The number of halogens is 1. The number of Topliss-reactive ketones (excluding diaryl/α,β-unsaturated/α-hetero) is 2. The van der Waals surface area contributed by atoms with Gasteiger partial charge in [-0.1, -0.05) is 63.6 Å². The Bertz CT molecular complexity index is 1230. The van der Waals surface area contributed by atoms with E-state index in [2.05, 4.69) is 32.6 Å². The van der Waals surface area contributed by atoms with Gasteiger partial charge >= 0.3 is 0 Å². The summed E-state index contributed by atoms with van der Waals surface area (Å²) in [7, 11) is 1.64. The average molecular weight is 490 g/mol. The fraction of sp³-hybridized carbons (Fsp3) is 0.400. The molecule has 4 nitrogen and oxygen atoms in total. The van der Waals surface area contributed by atoms with E-state index in [1.165, 1.54) is 0 Å². The molecule has 182 valence electrons. The van der Waals surface area contributed by atoms with Gasteiger partial charge < -0.3 is 9.64 Å². The van der Waals surface area contributed by atoms with Crippen molar-refractivity contribution in [2.75, 3.05) is 12.0 Å². The lowest BCUT2D eigenvalue weighted by molar-refractivity contribution is -0.119. The number of rotatable bonds is 3. The second-order valence-corrected chi connectivity index (χ2v) is 12.0. The standard InChI is InChI=1S/C30H32ClNO3/c1-29(2)14-22-27(24(33)16-29)26(18-10-12-19(35-5)13-11-18)28-23(15-30(3,4)17-25(28)34)32(22)21-9-7-6-8-20(21)31/h6-13,26H,14-17H2,1-5H3. The zero-order chi connectivity index (χ0) is 25.1. The first-order valence-electron chi connectivity index (χ1n) is 12.2. The molecule has 0 N–H and O–H groups in total. The number of carbonyl (C=O) groups excluding carboxylic acids is 2. The van der Waals surface area contributed by atoms with Crippen LogP contribution in [0.3, 0.4) is 0 Å². The number of allylic oxidation sites excluding steroid dienone is 4. The number of ether oxygens (including phenoxy) is 1. The van der Waals surface area contributed by atoms with Crippen molar-refractivity contribution in [3.63, 3.8) is 0 Å². The molecule has 0 atom stereocenters. The highest BCUT2D eigenvalue weighted by atomic mass is 35.5. The Labute approximate surface area is 212 Å². The number of hydrogen-bond acceptors (Lipinski definition) is 4. The van der Waals surface area contributed by atoms with Crippen molar-refractivity contribution < 1.29 is 14.3 Å². The van der Waals surface area contributed by atoms with E-state index in [1.54, 1.807) is 7.11 Å². The predicted octanol–water partition coefficient (Wildman–Crippen LogP) is 7.24. The Morgan fingerprint density at radius 3 is 1.80 bits per heavy atom. The monoisotopic (exact) mass is 489 g/mol. The third-order valence-electron chi connectivity index (χ3n) is 7.45. The minimum absolute atomic E-state index is 0.110. The molecule has 0 saturated heterocycles. The molecule has 1 aliphatic heterocycles. The second kappa shape index (κ2) is 8.37. The number of methoxy groups -OCH3 is 1. The quantitative estimate of drug-likeness (QED) is 0.456. The molecule has 0 unspecified atom stereocenters. The molecule has 0 bridgehead atoms. The Kier molecular flexibility index (Phi) is 5.71. The van der Waals surface area contributed by atoms with Gasteiger partial charge in [-0.2, -0.15) is 0 Å². The van der Waals surface area contributed by atoms with Gasteiger partial charge in [-0.25, -0.2) is 0 Å². The summed E-state index contributed by atoms with van der Waals surface area (Å²) in [5, 5.41) is 0.612. The number of anilines is 1. The molecule has 3 aliphatic rings. The van der Waals surface area contributed by atoms with Crippen LogP contribution in [0.15, 0.2) is 71.1 Å². The smallest absolute Gasteiger partial charge is 0.162 e. The summed E-state index contributed by atoms with van der Waals surface area (Å²) in [6, 6.07) is 15.5. The van der Waals surface area contributed by atoms with E-state index in [1.807, 2.05) is 48.5 Å². The summed E-state index contributed by atoms with van der Waals surface area (Å²) >= 11 is 6.75. The minimum Gasteiger partial charge on any atom is -0.497 e. The molecular weight excluding hydrogens is 458 g/mol. The largest absolute Gasteiger partial charge is 0.497 e. The summed E-state index contributed by atoms with van der Waals surface area (Å²) in [5.74, 6) is 0.589. The van der Waals surface area contributed by atoms with Gasteiger partial charge in [0.05, 0.1) is 17.8 Å². The molecule has 0 radical (unpaired) electrons. The van der Waals surface area contributed by atoms with Crippen molar-refractivity contribution in [1.82, 2.24) is 0 Å². The van der Waals surface area contributed by atoms with Crippen LogP contribution in [0.2, 0.25) is 5.02 Å². The van der Waals surface area contributed by atoms with Gasteiger partial charge in [0.15, 0.2) is 11.6 Å². The van der Waals surface area contributed by atoms with Crippen molar-refractivity contribution >= 4 is 28.9 Å². The van der Waals surface area contributed by atoms with Crippen LogP contribution < -0.4 is 9.64 Å². The first-order chi connectivity index (χ1) is 16.5. The third kappa shape index (κ3) is 4.12. The predicted molar refractivity (Wildman–Crippen MR) is 140 cm³/mol. The molecule has 35 heavy (non-hydrogen) atoms. The van der Waals surface area contributed by atoms with E-state index in [4.69, 9.17) is 16.3 Å². The second-order valence-electron chi connectivity index (χ2n) is 11.6. The minimum atomic E-state index is -0.378. The first-order valence-corrected chi connectivity index (χ1v) is 12.6. The molecule has 0 spiro atoms. The Balaban J connectivity index is 1.83. The lowest BCUT2D eigenvalue weighted by Gasteiger charge is -2.49. The SMILES string of the molecule is COc1ccc(C2C3=C(CC(C)(C)CC3=O)N(c3ccccc3Cl)C3=C2C(=O)CC(C)(C)C3)cc1. The van der Waals surface area contributed by atoms with E-state index in [9.17, 15) is 9.59 Å². The number of carbonyl (C=O) groups is 2. The van der Waals surface area contributed by atoms with Crippen LogP contribution >= 0.6 is 11.6 Å². The van der Waals surface area contributed by atoms with Gasteiger partial charge in [0.25, 0.3) is 0 Å². The molecule has 0 aromatic heterocycles. The van der Waals surface area contributed by atoms with E-state index >= 15 is 0 Å². The van der Waals surface area contributed by atoms with Crippen LogP contribution in [-0.2, 0) is 9.59 Å². The van der Waals surface area contributed by atoms with Gasteiger partial charge in [0.2, 0.25) is 0 Å². The topological polar surface area (TPSA) is 46.6 Å². The number of hydrogen-bond donors (Lipinski definition) is 0. The van der Waals surface area contributed by atoms with Crippen molar-refractivity contribution in [3.8, 4) is 5.75 Å². The summed E-state index contributed by atoms with van der Waals surface area (Å²) < 4.78 is 5.37. The summed E-state index contributed by atoms with van der Waals surface area (Å²) in [6.07, 6.45) is 2.38. The maximum atomic E-state index is 13.8. The average Bonchev–Trinajstić information content (AvgIpc) is 2.77. The van der Waals surface area contributed by atoms with Crippen LogP contribution in [-0.4, -0.2) is 18.7 Å². The van der Waals surface area contributed by atoms with Gasteiger partial charge in [-0.15, -0.1) is 0 Å². The zero-order valence-electron chi connectivity index (χ0n) is 21.1. The first kappa shape index (κ1) is 23.9. The van der Waals surface area contributed by atoms with Crippen LogP contribution in [0.25, 0.3) is 0 Å². The molecule has 5 heteroatoms. The Morgan fingerprint density at radius 2 is 1.31 bits per heavy atom. The van der Waals surface area contributed by atoms with E-state index in [-0.39, 0.29) is 28.3 Å². The Morgan fingerprint density at radius 1 is 0.800 bits per heavy atom. The molecule has 0 amide bonds. The summed E-state index contributed by atoms with van der Waals surface area (Å²) in [5.41, 5.74) is 4.83. The number of nitrogens with zero attached hydrogens (tertiary/aromatic N) is 1. The van der Waals surface area contributed by atoms with Crippen molar-refractivity contribution in [1.29, 1.82) is 0 Å². The van der Waals surface area contributed by atoms with E-state index in [0.29, 0.717) is 17.9 Å². The molecule has 2 aromatic carbocycles. The summed E-state index contributed by atoms with van der Waals surface area (Å²) in [6.45, 7) is 8.56. The van der Waals surface area contributed by atoms with Crippen LogP contribution in [0.4, 0.5) is 5.69 Å². The number of ketones is 2. The van der Waals surface area contributed by atoms with E-state index in [0.717, 1.165) is 52.4 Å². The number of benzene rings is 2. The van der Waals surface area contributed by atoms with Gasteiger partial charge in [-0.05, 0) is 53.5 Å². The van der Waals surface area contributed by atoms with Crippen molar-refractivity contribution in [2.45, 2.75) is 59.3 Å². The van der Waals surface area contributed by atoms with Gasteiger partial charge in [0, 0.05) is 41.3 Å². The number of para-hydroxylation sites is 1. The normalized spacial score (nSPS) is 21.7. The van der Waals surface area contributed by atoms with E-state index < -0.39 is 0 Å². The summed E-state index contributed by atoms with van der Waals surface area (Å²) in [4.78, 5) is 29.8. The molecule has 0 saturated carbocycles. The maximum Gasteiger partial charge on any atom is 0.162 e. The van der Waals surface area contributed by atoms with Crippen molar-refractivity contribution in [3.05, 3.63) is 81.7 Å². The van der Waals surface area contributed by atoms with Crippen LogP contribution in [0.5, 0.6) is 5.75 Å². The molecule has 5 rings (SSSR count). The van der Waals surface area contributed by atoms with Gasteiger partial charge in [0.1, 0.15) is 5.75 Å². The highest BCUT2D eigenvalue weighted by molar-refractivity contribution is 6.33. The molecule has 0 fully saturated rings. The molecule has 2 aromatic rings. The highest BCUT2D eigenvalue weighted by Gasteiger charge is 2.49. The molecule has 1 heterocycles. The van der Waals surface area contributed by atoms with Gasteiger partial charge in [-0.3, -0.25) is 9.59 Å². The lowest BCUT2D eigenvalue weighted by Crippen LogP contribution is -2.44. The maximum absolute atomic E-state index is 13.8. The van der Waals surface area contributed by atoms with Crippen LogP contribution in [0.1, 0.15) is 64.9 Å². The Hall–Kier alpha value is -2.85. The van der Waals surface area contributed by atoms with Crippen LogP contribution in [0, 0.1) is 10.8 Å². The zero-order valence-corrected chi connectivity index (χ0v) is 21.8. The molecule has 2 aliphatic carbocycles. The fourth-order valence-electron chi connectivity index (χ4n) is 6.02. The molecular formula is C30H32ClNO3. The van der Waals surface area contributed by atoms with Crippen molar-refractivity contribution in [2.24, 2.45) is 10.8 Å².